The Morgan fingerprint density at radius 1 is 1.38 bits per heavy atom. The third-order valence-electron chi connectivity index (χ3n) is 3.53. The Hall–Kier alpha value is -0.920. The van der Waals surface area contributed by atoms with E-state index >= 15 is 0 Å². The first kappa shape index (κ1) is 16.5. The zero-order valence-electron chi connectivity index (χ0n) is 10.9. The quantitative estimate of drug-likeness (QED) is 0.616. The molecule has 0 heterocycles. The summed E-state index contributed by atoms with van der Waals surface area (Å²) in [5.74, 6) is -3.87. The van der Waals surface area contributed by atoms with Gasteiger partial charge in [-0.05, 0) is 25.3 Å². The standard InChI is InChI=1S/C12H11Cl2F2NO3S/c1-17(6-3-2-4-6)12(18)7-5-8(15)10(16)11(9(7)13)21(14,19)20/h5-6H,2-4H2,1H3. The molecule has 1 aliphatic carbocycles. The van der Waals surface area contributed by atoms with Crippen molar-refractivity contribution < 1.29 is 22.0 Å². The molecule has 2 rings (SSSR count). The predicted molar refractivity (Wildman–Crippen MR) is 74.1 cm³/mol. The van der Waals surface area contributed by atoms with E-state index in [-0.39, 0.29) is 6.04 Å². The summed E-state index contributed by atoms with van der Waals surface area (Å²) in [6, 6.07) is 0.568. The molecule has 1 aromatic rings. The van der Waals surface area contributed by atoms with Crippen LogP contribution in [0, 0.1) is 11.6 Å². The van der Waals surface area contributed by atoms with Crippen LogP contribution in [0.4, 0.5) is 8.78 Å². The second kappa shape index (κ2) is 5.70. The fourth-order valence-electron chi connectivity index (χ4n) is 2.08. The molecule has 1 saturated carbocycles. The van der Waals surface area contributed by atoms with Crippen molar-refractivity contribution in [3.05, 3.63) is 28.3 Å². The first-order chi connectivity index (χ1) is 9.64. The van der Waals surface area contributed by atoms with E-state index in [9.17, 15) is 22.0 Å². The van der Waals surface area contributed by atoms with Gasteiger partial charge >= 0.3 is 0 Å². The Balaban J connectivity index is 2.54. The van der Waals surface area contributed by atoms with Gasteiger partial charge in [0.15, 0.2) is 11.6 Å². The van der Waals surface area contributed by atoms with Gasteiger partial charge in [-0.2, -0.15) is 0 Å². The highest BCUT2D eigenvalue weighted by Gasteiger charge is 2.32. The van der Waals surface area contributed by atoms with Crippen molar-refractivity contribution in [3.63, 3.8) is 0 Å². The molecule has 0 bridgehead atoms. The van der Waals surface area contributed by atoms with Gasteiger partial charge in [-0.15, -0.1) is 0 Å². The van der Waals surface area contributed by atoms with Gasteiger partial charge in [0, 0.05) is 23.8 Å². The van der Waals surface area contributed by atoms with Gasteiger partial charge in [0.2, 0.25) is 0 Å². The molecule has 1 amide bonds. The Morgan fingerprint density at radius 3 is 2.38 bits per heavy atom. The summed E-state index contributed by atoms with van der Waals surface area (Å²) in [4.78, 5) is 12.4. The number of amides is 1. The van der Waals surface area contributed by atoms with Gasteiger partial charge < -0.3 is 4.90 Å². The SMILES string of the molecule is CN(C(=O)c1cc(F)c(F)c(S(=O)(=O)Cl)c1Cl)C1CCC1. The van der Waals surface area contributed by atoms with Gasteiger partial charge in [-0.25, -0.2) is 17.2 Å². The number of carbonyl (C=O) groups is 1. The highest BCUT2D eigenvalue weighted by molar-refractivity contribution is 8.13. The molecule has 0 unspecified atom stereocenters. The van der Waals surface area contributed by atoms with E-state index in [4.69, 9.17) is 22.3 Å². The summed E-state index contributed by atoms with van der Waals surface area (Å²) in [5, 5.41) is -0.708. The Labute approximate surface area is 130 Å². The molecule has 9 heteroatoms. The summed E-state index contributed by atoms with van der Waals surface area (Å²) in [6.07, 6.45) is 2.56. The molecule has 116 valence electrons. The number of halogens is 4. The third-order valence-corrected chi connectivity index (χ3v) is 5.37. The Bertz CT molecular complexity index is 705. The number of nitrogens with zero attached hydrogens (tertiary/aromatic N) is 1. The van der Waals surface area contributed by atoms with E-state index < -0.39 is 42.1 Å². The normalized spacial score (nSPS) is 15.7. The van der Waals surface area contributed by atoms with Crippen LogP contribution in [0.2, 0.25) is 5.02 Å². The lowest BCUT2D eigenvalue weighted by Gasteiger charge is -2.35. The van der Waals surface area contributed by atoms with Crippen LogP contribution in [0.15, 0.2) is 11.0 Å². The minimum Gasteiger partial charge on any atom is -0.339 e. The second-order valence-electron chi connectivity index (χ2n) is 4.80. The molecule has 1 fully saturated rings. The molecule has 1 aliphatic rings. The van der Waals surface area contributed by atoms with E-state index in [1.165, 1.54) is 11.9 Å². The van der Waals surface area contributed by atoms with Crippen LogP contribution < -0.4 is 0 Å². The van der Waals surface area contributed by atoms with Crippen LogP contribution in [0.1, 0.15) is 29.6 Å². The fourth-order valence-corrected chi connectivity index (χ4v) is 3.79. The largest absolute Gasteiger partial charge is 0.339 e. The molecule has 4 nitrogen and oxygen atoms in total. The number of benzene rings is 1. The van der Waals surface area contributed by atoms with Crippen LogP contribution in [-0.4, -0.2) is 32.3 Å². The van der Waals surface area contributed by atoms with E-state index in [1.807, 2.05) is 0 Å². The molecule has 0 N–H and O–H groups in total. The average molecular weight is 358 g/mol. The van der Waals surface area contributed by atoms with E-state index in [2.05, 4.69) is 0 Å². The highest BCUT2D eigenvalue weighted by atomic mass is 35.7. The molecule has 0 aromatic heterocycles. The number of hydrogen-bond donors (Lipinski definition) is 0. The number of rotatable bonds is 3. The predicted octanol–water partition coefficient (Wildman–Crippen LogP) is 3.17. The van der Waals surface area contributed by atoms with Crippen molar-refractivity contribution in [2.75, 3.05) is 7.05 Å². The maximum atomic E-state index is 13.6. The van der Waals surface area contributed by atoms with E-state index in [0.717, 1.165) is 19.3 Å². The maximum absolute atomic E-state index is 13.6. The van der Waals surface area contributed by atoms with Crippen LogP contribution >= 0.6 is 22.3 Å². The molecule has 21 heavy (non-hydrogen) atoms. The van der Waals surface area contributed by atoms with Crippen molar-refractivity contribution >= 4 is 37.2 Å². The zero-order valence-corrected chi connectivity index (χ0v) is 13.2. The topological polar surface area (TPSA) is 54.5 Å². The van der Waals surface area contributed by atoms with Crippen LogP contribution in [-0.2, 0) is 9.05 Å². The first-order valence-corrected chi connectivity index (χ1v) is 8.72. The monoisotopic (exact) mass is 357 g/mol. The minimum absolute atomic E-state index is 0.0160. The van der Waals surface area contributed by atoms with Crippen molar-refractivity contribution in [2.24, 2.45) is 0 Å². The van der Waals surface area contributed by atoms with Gasteiger partial charge in [-0.1, -0.05) is 11.6 Å². The summed E-state index contributed by atoms with van der Waals surface area (Å²) >= 11 is 5.76. The molecule has 1 aromatic carbocycles. The zero-order chi connectivity index (χ0) is 15.9. The fraction of sp³-hybridized carbons (Fsp3) is 0.417. The summed E-state index contributed by atoms with van der Waals surface area (Å²) in [5.41, 5.74) is -0.427. The minimum atomic E-state index is -4.63. The Kier molecular flexibility index (Phi) is 4.46. The van der Waals surface area contributed by atoms with Gasteiger partial charge in [-0.3, -0.25) is 4.79 Å². The molecular formula is C12H11Cl2F2NO3S. The van der Waals surface area contributed by atoms with Gasteiger partial charge in [0.1, 0.15) is 4.90 Å². The Morgan fingerprint density at radius 2 is 1.95 bits per heavy atom. The number of carbonyl (C=O) groups excluding carboxylic acids is 1. The van der Waals surface area contributed by atoms with Crippen LogP contribution in [0.3, 0.4) is 0 Å². The number of hydrogen-bond acceptors (Lipinski definition) is 3. The van der Waals surface area contributed by atoms with Gasteiger partial charge in [0.25, 0.3) is 15.0 Å². The smallest absolute Gasteiger partial charge is 0.265 e. The maximum Gasteiger partial charge on any atom is 0.265 e. The second-order valence-corrected chi connectivity index (χ2v) is 7.68. The summed E-state index contributed by atoms with van der Waals surface area (Å²) in [7, 11) is 1.93. The highest BCUT2D eigenvalue weighted by Crippen LogP contribution is 2.34. The molecule has 0 aliphatic heterocycles. The lowest BCUT2D eigenvalue weighted by Crippen LogP contribution is -2.41. The molecule has 0 spiro atoms. The first-order valence-electron chi connectivity index (χ1n) is 6.04. The molecule has 0 atom stereocenters. The van der Waals surface area contributed by atoms with Crippen LogP contribution in [0.5, 0.6) is 0 Å². The average Bonchev–Trinajstić information content (AvgIpc) is 2.29. The van der Waals surface area contributed by atoms with E-state index in [0.29, 0.717) is 6.07 Å². The van der Waals surface area contributed by atoms with Crippen molar-refractivity contribution in [1.29, 1.82) is 0 Å². The lowest BCUT2D eigenvalue weighted by molar-refractivity contribution is 0.0651. The van der Waals surface area contributed by atoms with Crippen molar-refractivity contribution in [3.8, 4) is 0 Å². The third kappa shape index (κ3) is 3.00. The van der Waals surface area contributed by atoms with Crippen LogP contribution in [0.25, 0.3) is 0 Å². The summed E-state index contributed by atoms with van der Waals surface area (Å²) < 4.78 is 49.8. The van der Waals surface area contributed by atoms with E-state index in [1.54, 1.807) is 0 Å². The van der Waals surface area contributed by atoms with Gasteiger partial charge in [0.05, 0.1) is 10.6 Å². The molecule has 0 saturated heterocycles. The molecular weight excluding hydrogens is 347 g/mol. The molecule has 0 radical (unpaired) electrons. The summed E-state index contributed by atoms with van der Waals surface area (Å²) in [6.45, 7) is 0. The van der Waals surface area contributed by atoms with Crippen molar-refractivity contribution in [2.45, 2.75) is 30.2 Å². The van der Waals surface area contributed by atoms with Crippen molar-refractivity contribution in [1.82, 2.24) is 4.90 Å². The lowest BCUT2D eigenvalue weighted by atomic mass is 9.91.